The summed E-state index contributed by atoms with van der Waals surface area (Å²) >= 11 is 0. The second-order valence-corrected chi connectivity index (χ2v) is 6.02. The third-order valence-corrected chi connectivity index (χ3v) is 4.22. The van der Waals surface area contributed by atoms with Crippen molar-refractivity contribution in [3.8, 4) is 11.5 Å². The van der Waals surface area contributed by atoms with E-state index in [1.54, 1.807) is 6.07 Å². The minimum absolute atomic E-state index is 0.0160. The zero-order valence-corrected chi connectivity index (χ0v) is 12.9. The summed E-state index contributed by atoms with van der Waals surface area (Å²) < 4.78 is 5.34. The summed E-state index contributed by atoms with van der Waals surface area (Å²) in [4.78, 5) is 12.0. The van der Waals surface area contributed by atoms with Crippen LogP contribution in [0.15, 0.2) is 18.2 Å². The largest absolute Gasteiger partial charge is 0.508 e. The van der Waals surface area contributed by atoms with Crippen LogP contribution in [0.25, 0.3) is 0 Å². The van der Waals surface area contributed by atoms with E-state index >= 15 is 0 Å². The van der Waals surface area contributed by atoms with Gasteiger partial charge in [-0.15, -0.1) is 0 Å². The lowest BCUT2D eigenvalue weighted by atomic mass is 9.91. The van der Waals surface area contributed by atoms with Crippen molar-refractivity contribution in [3.63, 3.8) is 0 Å². The summed E-state index contributed by atoms with van der Waals surface area (Å²) in [7, 11) is 0. The maximum Gasteiger partial charge on any atom is 0.314 e. The fourth-order valence-corrected chi connectivity index (χ4v) is 2.92. The molecule has 1 heterocycles. The van der Waals surface area contributed by atoms with Crippen LogP contribution in [0, 0.1) is 5.92 Å². The molecule has 1 N–H and O–H groups in total. The van der Waals surface area contributed by atoms with E-state index in [1.807, 2.05) is 6.07 Å². The zero-order chi connectivity index (χ0) is 15.1. The highest BCUT2D eigenvalue weighted by Gasteiger charge is 2.27. The molecular formula is C18H26O3. The fraction of sp³-hybridized carbons (Fsp3) is 0.611. The number of carbonyl (C=O) groups excluding carboxylic acids is 1. The summed E-state index contributed by atoms with van der Waals surface area (Å²) in [6.07, 6.45) is 10.5. The molecule has 21 heavy (non-hydrogen) atoms. The molecular weight excluding hydrogens is 264 g/mol. The number of hydrogen-bond donors (Lipinski definition) is 1. The van der Waals surface area contributed by atoms with Gasteiger partial charge < -0.3 is 9.84 Å². The van der Waals surface area contributed by atoms with Gasteiger partial charge in [-0.1, -0.05) is 57.9 Å². The number of ether oxygens (including phenoxy) is 1. The number of phenolic OH excluding ortho intramolecular Hbond substituents is 1. The van der Waals surface area contributed by atoms with Gasteiger partial charge in [0, 0.05) is 6.07 Å². The van der Waals surface area contributed by atoms with Gasteiger partial charge in [0.1, 0.15) is 11.5 Å². The van der Waals surface area contributed by atoms with Crippen molar-refractivity contribution in [1.29, 1.82) is 0 Å². The van der Waals surface area contributed by atoms with Crippen molar-refractivity contribution in [3.05, 3.63) is 23.8 Å². The Morgan fingerprint density at radius 1 is 1.14 bits per heavy atom. The molecule has 3 heteroatoms. The van der Waals surface area contributed by atoms with Crippen LogP contribution in [-0.2, 0) is 11.2 Å². The van der Waals surface area contributed by atoms with Crippen molar-refractivity contribution < 1.29 is 14.6 Å². The molecule has 1 aromatic carbocycles. The molecule has 116 valence electrons. The Morgan fingerprint density at radius 3 is 2.62 bits per heavy atom. The number of aromatic hydroxyl groups is 1. The molecule has 0 radical (unpaired) electrons. The number of rotatable bonds is 8. The minimum atomic E-state index is -0.140. The van der Waals surface area contributed by atoms with E-state index in [9.17, 15) is 9.90 Å². The van der Waals surface area contributed by atoms with E-state index in [2.05, 4.69) is 6.92 Å². The van der Waals surface area contributed by atoms with E-state index in [0.717, 1.165) is 24.8 Å². The van der Waals surface area contributed by atoms with E-state index in [1.165, 1.54) is 44.6 Å². The summed E-state index contributed by atoms with van der Waals surface area (Å²) in [5.74, 6) is 0.514. The molecule has 0 aromatic heterocycles. The quantitative estimate of drug-likeness (QED) is 0.432. The third-order valence-electron chi connectivity index (χ3n) is 4.22. The normalized spacial score (nSPS) is 17.4. The van der Waals surface area contributed by atoms with Gasteiger partial charge >= 0.3 is 5.97 Å². The number of benzene rings is 1. The predicted octanol–water partition coefficient (Wildman–Crippen LogP) is 4.61. The standard InChI is InChI=1S/C18H26O3/c1-2-3-4-5-6-7-8-9-15-12-14-10-11-16(19)13-17(14)21-18(15)20/h10-11,13,15,19H,2-9,12H2,1H3. The van der Waals surface area contributed by atoms with Gasteiger partial charge in [0.2, 0.25) is 0 Å². The first-order chi connectivity index (χ1) is 10.2. The topological polar surface area (TPSA) is 46.5 Å². The van der Waals surface area contributed by atoms with Crippen molar-refractivity contribution >= 4 is 5.97 Å². The molecule has 0 bridgehead atoms. The molecule has 1 aromatic rings. The molecule has 1 unspecified atom stereocenters. The highest BCUT2D eigenvalue weighted by molar-refractivity contribution is 5.78. The van der Waals surface area contributed by atoms with Crippen molar-refractivity contribution in [2.24, 2.45) is 5.92 Å². The second kappa shape index (κ2) is 8.06. The minimum Gasteiger partial charge on any atom is -0.508 e. The van der Waals surface area contributed by atoms with Crippen LogP contribution in [0.2, 0.25) is 0 Å². The molecule has 0 aliphatic carbocycles. The highest BCUT2D eigenvalue weighted by atomic mass is 16.5. The van der Waals surface area contributed by atoms with Crippen LogP contribution in [0.5, 0.6) is 11.5 Å². The SMILES string of the molecule is CCCCCCCCCC1Cc2ccc(O)cc2OC1=O. The average Bonchev–Trinajstić information content (AvgIpc) is 2.47. The molecule has 0 saturated heterocycles. The van der Waals surface area contributed by atoms with Crippen LogP contribution in [0.1, 0.15) is 63.9 Å². The predicted molar refractivity (Wildman–Crippen MR) is 83.5 cm³/mol. The monoisotopic (exact) mass is 290 g/mol. The lowest BCUT2D eigenvalue weighted by Gasteiger charge is -2.23. The Morgan fingerprint density at radius 2 is 1.86 bits per heavy atom. The first-order valence-electron chi connectivity index (χ1n) is 8.24. The van der Waals surface area contributed by atoms with Gasteiger partial charge in [-0.3, -0.25) is 4.79 Å². The smallest absolute Gasteiger partial charge is 0.314 e. The third kappa shape index (κ3) is 4.76. The zero-order valence-electron chi connectivity index (χ0n) is 12.9. The Balaban J connectivity index is 1.72. The molecule has 2 rings (SSSR count). The van der Waals surface area contributed by atoms with Crippen LogP contribution in [0.4, 0.5) is 0 Å². The Kier molecular flexibility index (Phi) is 6.09. The fourth-order valence-electron chi connectivity index (χ4n) is 2.92. The van der Waals surface area contributed by atoms with Gasteiger partial charge in [0.25, 0.3) is 0 Å². The maximum atomic E-state index is 12.0. The number of carbonyl (C=O) groups is 1. The Labute approximate surface area is 127 Å². The second-order valence-electron chi connectivity index (χ2n) is 6.02. The maximum absolute atomic E-state index is 12.0. The van der Waals surface area contributed by atoms with Gasteiger partial charge in [-0.25, -0.2) is 0 Å². The number of hydrogen-bond acceptors (Lipinski definition) is 3. The summed E-state index contributed by atoms with van der Waals surface area (Å²) in [6.45, 7) is 2.23. The molecule has 3 nitrogen and oxygen atoms in total. The van der Waals surface area contributed by atoms with E-state index in [-0.39, 0.29) is 17.6 Å². The van der Waals surface area contributed by atoms with Gasteiger partial charge in [0.15, 0.2) is 0 Å². The molecule has 0 fully saturated rings. The molecule has 1 aliphatic rings. The summed E-state index contributed by atoms with van der Waals surface area (Å²) in [5, 5.41) is 9.41. The highest BCUT2D eigenvalue weighted by Crippen LogP contribution is 2.33. The van der Waals surface area contributed by atoms with E-state index in [4.69, 9.17) is 4.74 Å². The molecule has 1 aliphatic heterocycles. The number of fused-ring (bicyclic) bond motifs is 1. The summed E-state index contributed by atoms with van der Waals surface area (Å²) in [6, 6.07) is 5.04. The van der Waals surface area contributed by atoms with Gasteiger partial charge in [0.05, 0.1) is 5.92 Å². The number of phenols is 1. The van der Waals surface area contributed by atoms with Crippen LogP contribution >= 0.6 is 0 Å². The number of esters is 1. The average molecular weight is 290 g/mol. The molecule has 0 spiro atoms. The molecule has 0 saturated carbocycles. The Bertz CT molecular complexity index is 468. The first kappa shape index (κ1) is 15.9. The van der Waals surface area contributed by atoms with Crippen LogP contribution < -0.4 is 4.74 Å². The van der Waals surface area contributed by atoms with Crippen molar-refractivity contribution in [2.75, 3.05) is 0 Å². The molecule has 0 amide bonds. The van der Waals surface area contributed by atoms with E-state index < -0.39 is 0 Å². The lowest BCUT2D eigenvalue weighted by Crippen LogP contribution is -2.27. The number of unbranched alkanes of at least 4 members (excludes halogenated alkanes) is 6. The van der Waals surface area contributed by atoms with Crippen LogP contribution in [-0.4, -0.2) is 11.1 Å². The van der Waals surface area contributed by atoms with E-state index in [0.29, 0.717) is 5.75 Å². The summed E-state index contributed by atoms with van der Waals surface area (Å²) in [5.41, 5.74) is 1.03. The van der Waals surface area contributed by atoms with Crippen molar-refractivity contribution in [2.45, 2.75) is 64.7 Å². The van der Waals surface area contributed by atoms with Gasteiger partial charge in [-0.05, 0) is 24.5 Å². The first-order valence-corrected chi connectivity index (χ1v) is 8.24. The Hall–Kier alpha value is -1.51. The van der Waals surface area contributed by atoms with Crippen molar-refractivity contribution in [1.82, 2.24) is 0 Å². The van der Waals surface area contributed by atoms with Gasteiger partial charge in [-0.2, -0.15) is 0 Å². The molecule has 1 atom stereocenters. The van der Waals surface area contributed by atoms with Crippen LogP contribution in [0.3, 0.4) is 0 Å². The lowest BCUT2D eigenvalue weighted by molar-refractivity contribution is -0.140.